The lowest BCUT2D eigenvalue weighted by Gasteiger charge is -2.38. The minimum absolute atomic E-state index is 0.281. The molecule has 0 heterocycles. The van der Waals surface area contributed by atoms with Gasteiger partial charge in [0, 0.05) is 0 Å². The van der Waals surface area contributed by atoms with Crippen molar-refractivity contribution in [1.82, 2.24) is 10.6 Å². The molecule has 0 bridgehead atoms. The maximum atomic E-state index is 5.67. The molecule has 112 valence electrons. The lowest BCUT2D eigenvalue weighted by atomic mass is 9.89. The molecule has 1 atom stereocenters. The van der Waals surface area contributed by atoms with Crippen LogP contribution < -0.4 is 22.1 Å². The molecular weight excluding hydrogens is 276 g/mol. The van der Waals surface area contributed by atoms with Crippen molar-refractivity contribution in [3.63, 3.8) is 0 Å². The maximum Gasteiger partial charge on any atom is 0.165 e. The summed E-state index contributed by atoms with van der Waals surface area (Å²) >= 11 is 10.0. The van der Waals surface area contributed by atoms with E-state index in [4.69, 9.17) is 35.9 Å². The van der Waals surface area contributed by atoms with E-state index >= 15 is 0 Å². The first kappa shape index (κ1) is 18.4. The van der Waals surface area contributed by atoms with Gasteiger partial charge in [0.25, 0.3) is 0 Å². The van der Waals surface area contributed by atoms with Crippen molar-refractivity contribution in [3.05, 3.63) is 0 Å². The second-order valence-electron chi connectivity index (χ2n) is 5.24. The Morgan fingerprint density at radius 2 is 1.63 bits per heavy atom. The predicted octanol–water partition coefficient (Wildman–Crippen LogP) is 2.37. The molecule has 0 aliphatic heterocycles. The van der Waals surface area contributed by atoms with E-state index in [0.717, 1.165) is 25.7 Å². The number of nitrogens with two attached hydrogens (primary N) is 2. The summed E-state index contributed by atoms with van der Waals surface area (Å²) in [6.45, 7) is 6.55. The molecule has 0 fully saturated rings. The number of nitrogens with one attached hydrogen (secondary N) is 2. The lowest BCUT2D eigenvalue weighted by Crippen LogP contribution is -2.63. The van der Waals surface area contributed by atoms with Crippen LogP contribution in [0.1, 0.15) is 59.3 Å². The van der Waals surface area contributed by atoms with Crippen molar-refractivity contribution < 1.29 is 0 Å². The first-order valence-electron chi connectivity index (χ1n) is 7.00. The number of hydrogen-bond donors (Lipinski definition) is 4. The summed E-state index contributed by atoms with van der Waals surface area (Å²) in [7, 11) is 0. The molecule has 0 aliphatic carbocycles. The third kappa shape index (κ3) is 8.21. The fourth-order valence-electron chi connectivity index (χ4n) is 2.25. The predicted molar refractivity (Wildman–Crippen MR) is 90.8 cm³/mol. The van der Waals surface area contributed by atoms with Crippen LogP contribution in [-0.2, 0) is 0 Å². The van der Waals surface area contributed by atoms with Gasteiger partial charge in [-0.05, 0) is 49.6 Å². The molecular formula is C13H28N4S2. The lowest BCUT2D eigenvalue weighted by molar-refractivity contribution is 0.245. The van der Waals surface area contributed by atoms with Gasteiger partial charge in [0.2, 0.25) is 0 Å². The first-order chi connectivity index (χ1) is 8.85. The molecule has 0 rings (SSSR count). The molecule has 0 amide bonds. The van der Waals surface area contributed by atoms with Crippen molar-refractivity contribution in [2.45, 2.75) is 65.0 Å². The second kappa shape index (κ2) is 9.31. The molecule has 0 saturated carbocycles. The molecule has 6 heteroatoms. The standard InChI is InChI=1S/C13H28N4S2/c1-4-6-7-8-13(16-11(14)18,17-12(15)19)9-10(3)5-2/h10H,4-9H2,1-3H3,(H3,14,16,18)(H3,15,17,19). The normalized spacial score (nSPS) is 12.8. The van der Waals surface area contributed by atoms with Gasteiger partial charge in [0.05, 0.1) is 0 Å². The van der Waals surface area contributed by atoms with Gasteiger partial charge in [-0.1, -0.05) is 40.0 Å². The smallest absolute Gasteiger partial charge is 0.165 e. The van der Waals surface area contributed by atoms with E-state index in [1.54, 1.807) is 0 Å². The molecule has 1 unspecified atom stereocenters. The summed E-state index contributed by atoms with van der Waals surface area (Å²) < 4.78 is 0. The number of hydrogen-bond acceptors (Lipinski definition) is 2. The van der Waals surface area contributed by atoms with E-state index in [1.807, 2.05) is 0 Å². The fourth-order valence-corrected chi connectivity index (χ4v) is 2.64. The van der Waals surface area contributed by atoms with Crippen molar-refractivity contribution >= 4 is 34.7 Å². The van der Waals surface area contributed by atoms with Crippen molar-refractivity contribution in [2.75, 3.05) is 0 Å². The van der Waals surface area contributed by atoms with Gasteiger partial charge in [-0.25, -0.2) is 0 Å². The Hall–Kier alpha value is -0.620. The highest BCUT2D eigenvalue weighted by molar-refractivity contribution is 7.80. The van der Waals surface area contributed by atoms with Crippen LogP contribution in [0.2, 0.25) is 0 Å². The Bertz CT molecular complexity index is 278. The van der Waals surface area contributed by atoms with Gasteiger partial charge in [0.15, 0.2) is 10.2 Å². The summed E-state index contributed by atoms with van der Waals surface area (Å²) in [6.07, 6.45) is 6.30. The zero-order valence-electron chi connectivity index (χ0n) is 12.3. The Kier molecular flexibility index (Phi) is 9.01. The quantitative estimate of drug-likeness (QED) is 0.298. The summed E-state index contributed by atoms with van der Waals surface area (Å²) in [6, 6.07) is 0. The molecule has 0 aromatic heterocycles. The van der Waals surface area contributed by atoms with Crippen LogP contribution in [0, 0.1) is 5.92 Å². The van der Waals surface area contributed by atoms with Crippen molar-refractivity contribution in [3.8, 4) is 0 Å². The molecule has 0 spiro atoms. The third-order valence-electron chi connectivity index (χ3n) is 3.33. The summed E-state index contributed by atoms with van der Waals surface area (Å²) in [4.78, 5) is 0. The van der Waals surface area contributed by atoms with Crippen LogP contribution in [0.5, 0.6) is 0 Å². The Morgan fingerprint density at radius 1 is 1.11 bits per heavy atom. The molecule has 19 heavy (non-hydrogen) atoms. The summed E-state index contributed by atoms with van der Waals surface area (Å²) in [5.74, 6) is 0.533. The van der Waals surface area contributed by atoms with Crippen LogP contribution in [-0.4, -0.2) is 15.9 Å². The maximum absolute atomic E-state index is 5.67. The fraction of sp³-hybridized carbons (Fsp3) is 0.846. The van der Waals surface area contributed by atoms with E-state index in [-0.39, 0.29) is 10.2 Å². The zero-order valence-corrected chi connectivity index (χ0v) is 13.9. The molecule has 0 aromatic carbocycles. The van der Waals surface area contributed by atoms with E-state index in [2.05, 4.69) is 31.4 Å². The van der Waals surface area contributed by atoms with Gasteiger partial charge in [-0.15, -0.1) is 0 Å². The first-order valence-corrected chi connectivity index (χ1v) is 7.82. The molecule has 0 aliphatic rings. The van der Waals surface area contributed by atoms with E-state index < -0.39 is 5.66 Å². The topological polar surface area (TPSA) is 76.1 Å². The molecule has 0 aromatic rings. The van der Waals surface area contributed by atoms with Gasteiger partial charge in [0.1, 0.15) is 5.66 Å². The van der Waals surface area contributed by atoms with E-state index in [1.165, 1.54) is 12.8 Å². The van der Waals surface area contributed by atoms with Gasteiger partial charge in [-0.2, -0.15) is 0 Å². The highest BCUT2D eigenvalue weighted by Crippen LogP contribution is 2.23. The Morgan fingerprint density at radius 3 is 2.00 bits per heavy atom. The van der Waals surface area contributed by atoms with E-state index in [0.29, 0.717) is 5.92 Å². The number of rotatable bonds is 9. The minimum Gasteiger partial charge on any atom is -0.376 e. The van der Waals surface area contributed by atoms with Gasteiger partial charge in [-0.3, -0.25) is 0 Å². The Balaban J connectivity index is 4.94. The van der Waals surface area contributed by atoms with Crippen LogP contribution in [0.15, 0.2) is 0 Å². The SMILES string of the molecule is CCCCCC(CC(C)CC)(NC(N)=S)NC(N)=S. The van der Waals surface area contributed by atoms with E-state index in [9.17, 15) is 0 Å². The zero-order chi connectivity index (χ0) is 14.9. The van der Waals surface area contributed by atoms with Gasteiger partial charge >= 0.3 is 0 Å². The third-order valence-corrected chi connectivity index (χ3v) is 3.53. The number of thiocarbonyl (C=S) groups is 2. The molecule has 4 nitrogen and oxygen atoms in total. The molecule has 0 radical (unpaired) electrons. The summed E-state index contributed by atoms with van der Waals surface area (Å²) in [5.41, 5.74) is 10.9. The van der Waals surface area contributed by atoms with Crippen LogP contribution in [0.3, 0.4) is 0 Å². The average molecular weight is 305 g/mol. The van der Waals surface area contributed by atoms with Crippen LogP contribution >= 0.6 is 24.4 Å². The average Bonchev–Trinajstić information content (AvgIpc) is 2.27. The van der Waals surface area contributed by atoms with Crippen molar-refractivity contribution in [1.29, 1.82) is 0 Å². The molecule has 6 N–H and O–H groups in total. The highest BCUT2D eigenvalue weighted by Gasteiger charge is 2.31. The summed E-state index contributed by atoms with van der Waals surface area (Å²) in [5, 5.41) is 6.92. The second-order valence-corrected chi connectivity index (χ2v) is 6.11. The Labute approximate surface area is 128 Å². The molecule has 0 saturated heterocycles. The monoisotopic (exact) mass is 304 g/mol. The van der Waals surface area contributed by atoms with Gasteiger partial charge < -0.3 is 22.1 Å². The highest BCUT2D eigenvalue weighted by atomic mass is 32.1. The van der Waals surface area contributed by atoms with Crippen LogP contribution in [0.25, 0.3) is 0 Å². The number of unbranched alkanes of at least 4 members (excludes halogenated alkanes) is 2. The minimum atomic E-state index is -0.414. The van der Waals surface area contributed by atoms with Crippen molar-refractivity contribution in [2.24, 2.45) is 17.4 Å². The largest absolute Gasteiger partial charge is 0.376 e. The van der Waals surface area contributed by atoms with Crippen LogP contribution in [0.4, 0.5) is 0 Å².